The van der Waals surface area contributed by atoms with Crippen LogP contribution in [0.5, 0.6) is 0 Å². The molecule has 6 amide bonds. The van der Waals surface area contributed by atoms with E-state index in [1.807, 2.05) is 13.8 Å². The van der Waals surface area contributed by atoms with Crippen LogP contribution in [-0.4, -0.2) is 145 Å². The molecule has 7 atom stereocenters. The molecule has 0 aromatic carbocycles. The number of aliphatic carboxylic acids is 1. The van der Waals surface area contributed by atoms with E-state index in [4.69, 9.17) is 57.3 Å². The molecule has 0 fully saturated rings. The Labute approximate surface area is 404 Å². The standard InChI is InChI=1S/C41H82N20O8/c1-22(2)21-24(43)31(62)56-26(12-7-17-52-38(44)45)32(63)57-27(13-8-18-53-39(46)47)33(64)58-28(14-9-19-54-40(48)49)35(66)61-30(23(3)4)36(67)59-25(11-5-6-16-42)34(65)60-29(37(68)69)15-10-20-55-41(50)51/h22-30H,5-21,42-43H2,1-4H3,(H,56,62)(H,57,63)(H,58,64)(H,59,67)(H,60,65)(H,61,66)(H,68,69)(H4,44,45,52)(H4,46,47,53)(H4,48,49,54)(H4,50,51,55)/t24-,25-,26-,27-,28-,29-,30-/m0/s1. The normalized spacial score (nSPS) is 14.0. The van der Waals surface area contributed by atoms with Gasteiger partial charge >= 0.3 is 5.97 Å². The molecular formula is C41H82N20O8. The number of carboxylic acids is 1. The van der Waals surface area contributed by atoms with Crippen LogP contribution < -0.4 is 89.2 Å². The molecule has 28 heteroatoms. The quantitative estimate of drug-likeness (QED) is 0.0158. The molecule has 0 bridgehead atoms. The fraction of sp³-hybridized carbons (Fsp3) is 0.732. The predicted molar refractivity (Wildman–Crippen MR) is 264 cm³/mol. The lowest BCUT2D eigenvalue weighted by atomic mass is 10.00. The highest BCUT2D eigenvalue weighted by Crippen LogP contribution is 2.11. The number of carbonyl (C=O) groups is 7. The number of hydrogen-bond acceptors (Lipinski definition) is 13. The lowest BCUT2D eigenvalue weighted by Gasteiger charge is -2.29. The first kappa shape index (κ1) is 62.3. The summed E-state index contributed by atoms with van der Waals surface area (Å²) in [7, 11) is 0. The average molecular weight is 983 g/mol. The molecule has 0 spiro atoms. The third kappa shape index (κ3) is 28.9. The highest BCUT2D eigenvalue weighted by Gasteiger charge is 2.34. The molecule has 69 heavy (non-hydrogen) atoms. The summed E-state index contributed by atoms with van der Waals surface area (Å²) in [6.45, 7) is 7.72. The van der Waals surface area contributed by atoms with Gasteiger partial charge < -0.3 is 94.3 Å². The summed E-state index contributed by atoms with van der Waals surface area (Å²) in [5.74, 6) is -7.11. The van der Waals surface area contributed by atoms with Gasteiger partial charge in [-0.15, -0.1) is 0 Å². The van der Waals surface area contributed by atoms with E-state index in [-0.39, 0.29) is 120 Å². The van der Waals surface area contributed by atoms with E-state index < -0.39 is 89.6 Å². The Balaban J connectivity index is 6.77. The largest absolute Gasteiger partial charge is 0.480 e. The van der Waals surface area contributed by atoms with Crippen LogP contribution in [0.1, 0.15) is 105 Å². The number of carboxylic acid groups (broad SMARTS) is 1. The molecule has 0 saturated heterocycles. The Morgan fingerprint density at radius 2 is 0.739 bits per heavy atom. The van der Waals surface area contributed by atoms with Crippen LogP contribution >= 0.6 is 0 Å². The molecule has 0 saturated carbocycles. The number of aliphatic imine (C=N–C) groups is 4. The molecule has 0 rings (SSSR count). The van der Waals surface area contributed by atoms with Crippen LogP contribution in [0.25, 0.3) is 0 Å². The molecular weight excluding hydrogens is 901 g/mol. The van der Waals surface area contributed by atoms with Crippen molar-refractivity contribution in [2.24, 2.45) is 89.1 Å². The number of hydrogen-bond donors (Lipinski definition) is 17. The molecule has 0 aliphatic carbocycles. The summed E-state index contributed by atoms with van der Waals surface area (Å²) in [6.07, 6.45) is 2.05. The number of nitrogens with one attached hydrogen (secondary N) is 6. The van der Waals surface area contributed by atoms with Crippen molar-refractivity contribution in [3.05, 3.63) is 0 Å². The lowest BCUT2D eigenvalue weighted by Crippen LogP contribution is -2.60. The summed E-state index contributed by atoms with van der Waals surface area (Å²) in [4.78, 5) is 111. The number of guanidine groups is 4. The van der Waals surface area contributed by atoms with Crippen LogP contribution in [0.3, 0.4) is 0 Å². The van der Waals surface area contributed by atoms with Gasteiger partial charge in [0.25, 0.3) is 0 Å². The number of nitrogens with two attached hydrogens (primary N) is 10. The number of nitrogens with zero attached hydrogens (tertiary/aromatic N) is 4. The zero-order chi connectivity index (χ0) is 52.6. The Kier molecular flexibility index (Phi) is 31.2. The molecule has 27 N–H and O–H groups in total. The van der Waals surface area contributed by atoms with E-state index in [2.05, 4.69) is 51.9 Å². The van der Waals surface area contributed by atoms with Crippen molar-refractivity contribution in [1.29, 1.82) is 0 Å². The Morgan fingerprint density at radius 3 is 1.06 bits per heavy atom. The third-order valence-corrected chi connectivity index (χ3v) is 10.2. The molecule has 28 nitrogen and oxygen atoms in total. The molecule has 394 valence electrons. The third-order valence-electron chi connectivity index (χ3n) is 10.2. The van der Waals surface area contributed by atoms with Crippen molar-refractivity contribution >= 4 is 65.3 Å². The minimum absolute atomic E-state index is 0.0198. The van der Waals surface area contributed by atoms with Crippen molar-refractivity contribution in [1.82, 2.24) is 31.9 Å². The van der Waals surface area contributed by atoms with Crippen molar-refractivity contribution in [3.63, 3.8) is 0 Å². The van der Waals surface area contributed by atoms with Gasteiger partial charge in [-0.3, -0.25) is 48.7 Å². The zero-order valence-electron chi connectivity index (χ0n) is 40.6. The topological polar surface area (TPSA) is 522 Å². The predicted octanol–water partition coefficient (Wildman–Crippen LogP) is -5.65. The number of unbranched alkanes of at least 4 members (excludes halogenated alkanes) is 1. The van der Waals surface area contributed by atoms with Crippen LogP contribution in [0, 0.1) is 11.8 Å². The van der Waals surface area contributed by atoms with Crippen LogP contribution in [0.15, 0.2) is 20.0 Å². The zero-order valence-corrected chi connectivity index (χ0v) is 40.6. The number of rotatable bonds is 36. The van der Waals surface area contributed by atoms with Gasteiger partial charge in [0.2, 0.25) is 35.4 Å². The second kappa shape index (κ2) is 34.6. The maximum Gasteiger partial charge on any atom is 0.326 e. The van der Waals surface area contributed by atoms with Crippen molar-refractivity contribution in [3.8, 4) is 0 Å². The van der Waals surface area contributed by atoms with E-state index in [1.54, 1.807) is 13.8 Å². The molecule has 0 unspecified atom stereocenters. The van der Waals surface area contributed by atoms with Crippen LogP contribution in [-0.2, 0) is 33.6 Å². The maximum absolute atomic E-state index is 14.2. The summed E-state index contributed by atoms with van der Waals surface area (Å²) in [5, 5.41) is 25.7. The summed E-state index contributed by atoms with van der Waals surface area (Å²) in [6, 6.07) is -8.64. The van der Waals surface area contributed by atoms with Crippen LogP contribution in [0.4, 0.5) is 0 Å². The van der Waals surface area contributed by atoms with Crippen molar-refractivity contribution < 1.29 is 38.7 Å². The summed E-state index contributed by atoms with van der Waals surface area (Å²) >= 11 is 0. The maximum atomic E-state index is 14.2. The Hall–Kier alpha value is -6.71. The van der Waals surface area contributed by atoms with Gasteiger partial charge in [0.1, 0.15) is 36.3 Å². The minimum Gasteiger partial charge on any atom is -0.480 e. The smallest absolute Gasteiger partial charge is 0.326 e. The molecule has 0 heterocycles. The van der Waals surface area contributed by atoms with Crippen molar-refractivity contribution in [2.75, 3.05) is 32.7 Å². The molecule has 0 radical (unpaired) electrons. The number of amides is 6. The molecule has 0 aromatic heterocycles. The van der Waals surface area contributed by atoms with Crippen LogP contribution in [0.2, 0.25) is 0 Å². The highest BCUT2D eigenvalue weighted by molar-refractivity contribution is 5.97. The monoisotopic (exact) mass is 983 g/mol. The van der Waals surface area contributed by atoms with E-state index in [1.165, 1.54) is 0 Å². The van der Waals surface area contributed by atoms with E-state index in [0.717, 1.165) is 0 Å². The fourth-order valence-electron chi connectivity index (χ4n) is 6.60. The Bertz CT molecular complexity index is 1740. The second-order valence-corrected chi connectivity index (χ2v) is 17.2. The molecule has 0 aliphatic rings. The average Bonchev–Trinajstić information content (AvgIpc) is 3.25. The first-order chi connectivity index (χ1) is 32.4. The summed E-state index contributed by atoms with van der Waals surface area (Å²) in [5.41, 5.74) is 55.4. The molecule has 0 aliphatic heterocycles. The van der Waals surface area contributed by atoms with Gasteiger partial charge in [0, 0.05) is 26.2 Å². The fourth-order valence-corrected chi connectivity index (χ4v) is 6.60. The second-order valence-electron chi connectivity index (χ2n) is 17.2. The first-order valence-electron chi connectivity index (χ1n) is 23.1. The van der Waals surface area contributed by atoms with E-state index >= 15 is 0 Å². The minimum atomic E-state index is -1.35. The van der Waals surface area contributed by atoms with Gasteiger partial charge in [0.05, 0.1) is 6.04 Å². The highest BCUT2D eigenvalue weighted by atomic mass is 16.4. The van der Waals surface area contributed by atoms with Crippen molar-refractivity contribution in [2.45, 2.75) is 147 Å². The lowest BCUT2D eigenvalue weighted by molar-refractivity contribution is -0.142. The first-order valence-corrected chi connectivity index (χ1v) is 23.1. The van der Waals surface area contributed by atoms with Gasteiger partial charge in [-0.1, -0.05) is 27.7 Å². The summed E-state index contributed by atoms with van der Waals surface area (Å²) < 4.78 is 0. The van der Waals surface area contributed by atoms with Gasteiger partial charge in [-0.2, -0.15) is 0 Å². The van der Waals surface area contributed by atoms with Gasteiger partial charge in [0.15, 0.2) is 23.8 Å². The van der Waals surface area contributed by atoms with E-state index in [0.29, 0.717) is 19.3 Å². The Morgan fingerprint density at radius 1 is 0.435 bits per heavy atom. The van der Waals surface area contributed by atoms with Gasteiger partial charge in [-0.25, -0.2) is 4.79 Å². The van der Waals surface area contributed by atoms with E-state index in [9.17, 15) is 38.7 Å². The number of carbonyl (C=O) groups excluding carboxylic acids is 6. The SMILES string of the molecule is CC(C)C[C@H](N)C(=O)N[C@@H](CCCN=C(N)N)C(=O)N[C@@H](CCCN=C(N)N)C(=O)N[C@@H](CCCN=C(N)N)C(=O)N[C@H](C(=O)N[C@@H](CCCCN)C(=O)N[C@@H](CCCN=C(N)N)C(=O)O)C(C)C. The molecule has 0 aromatic rings. The van der Waals surface area contributed by atoms with Gasteiger partial charge in [-0.05, 0) is 95.4 Å².